The highest BCUT2D eigenvalue weighted by atomic mass is 32.1. The van der Waals surface area contributed by atoms with Crippen LogP contribution in [-0.4, -0.2) is 63.0 Å². The molecule has 202 valence electrons. The first-order chi connectivity index (χ1) is 17.9. The van der Waals surface area contributed by atoms with Crippen LogP contribution in [-0.2, 0) is 14.4 Å². The molecule has 3 amide bonds. The molecular weight excluding hydrogens is 502 g/mol. The third kappa shape index (κ3) is 5.59. The molecule has 0 radical (unpaired) electrons. The quantitative estimate of drug-likeness (QED) is 0.469. The van der Waals surface area contributed by atoms with Crippen LogP contribution in [0.4, 0.5) is 0 Å². The van der Waals surface area contributed by atoms with E-state index in [0.717, 1.165) is 21.7 Å². The number of hydrogen-bond acceptors (Lipinski definition) is 6. The minimum atomic E-state index is -1.09. The number of carbonyl (C=O) groups excluding carboxylic acids is 3. The monoisotopic (exact) mass is 537 g/mol. The number of β-amino-alcohol motifs (C(OH)–C–C–N with tert-alkyl or cyclic N) is 1. The molecule has 3 N–H and O–H groups in total. The van der Waals surface area contributed by atoms with Gasteiger partial charge in [-0.1, -0.05) is 45.0 Å². The molecule has 10 heteroatoms. The number of nitrogens with one attached hydrogen (secondary N) is 2. The van der Waals surface area contributed by atoms with Gasteiger partial charge in [-0.25, -0.2) is 11.6 Å². The molecule has 1 aliphatic carbocycles. The van der Waals surface area contributed by atoms with Gasteiger partial charge in [0.25, 0.3) is 0 Å². The topological polar surface area (TPSA) is 116 Å². The number of thiazole rings is 1. The SMILES string of the molecule is [C-]#[N+]C1(C(=O)NC(C(=O)N2C[C@H](O)CC2C(=O)N[C@@H](C)c2ccc(-c3scnc3C)cc2)C(C)(C)C)CC1. The van der Waals surface area contributed by atoms with Crippen molar-refractivity contribution >= 4 is 29.1 Å². The van der Waals surface area contributed by atoms with Crippen LogP contribution in [0.5, 0.6) is 0 Å². The number of rotatable bonds is 7. The molecule has 2 aromatic rings. The molecule has 9 nitrogen and oxygen atoms in total. The largest absolute Gasteiger partial charge is 0.391 e. The normalized spacial score (nSPS) is 21.8. The molecule has 0 bridgehead atoms. The van der Waals surface area contributed by atoms with Gasteiger partial charge < -0.3 is 20.6 Å². The molecule has 2 heterocycles. The van der Waals surface area contributed by atoms with Crippen LogP contribution in [0.2, 0.25) is 0 Å². The summed E-state index contributed by atoms with van der Waals surface area (Å²) in [7, 11) is 0. The van der Waals surface area contributed by atoms with Gasteiger partial charge in [0.1, 0.15) is 12.1 Å². The van der Waals surface area contributed by atoms with Gasteiger partial charge in [-0.05, 0) is 30.4 Å². The number of benzene rings is 1. The molecule has 4 atom stereocenters. The Morgan fingerprint density at radius 3 is 2.39 bits per heavy atom. The third-order valence-corrected chi connectivity index (χ3v) is 8.37. The van der Waals surface area contributed by atoms with Gasteiger partial charge in [0, 0.05) is 25.8 Å². The molecule has 1 saturated carbocycles. The van der Waals surface area contributed by atoms with Crippen LogP contribution >= 0.6 is 11.3 Å². The van der Waals surface area contributed by atoms with Crippen LogP contribution in [0.15, 0.2) is 29.8 Å². The summed E-state index contributed by atoms with van der Waals surface area (Å²) in [5.41, 5.74) is 3.01. The molecular formula is C28H35N5O4S. The lowest BCUT2D eigenvalue weighted by molar-refractivity contribution is -0.144. The Balaban J connectivity index is 1.46. The summed E-state index contributed by atoms with van der Waals surface area (Å²) in [6.07, 6.45) is 0.221. The number of likely N-dealkylation sites (tertiary alicyclic amines) is 1. The van der Waals surface area contributed by atoms with Crippen LogP contribution in [0, 0.1) is 18.9 Å². The second-order valence-electron chi connectivity index (χ2n) is 11.4. The van der Waals surface area contributed by atoms with E-state index in [1.165, 1.54) is 4.90 Å². The van der Waals surface area contributed by atoms with E-state index in [9.17, 15) is 19.5 Å². The summed E-state index contributed by atoms with van der Waals surface area (Å²) in [4.78, 5) is 50.1. The number of amides is 3. The predicted molar refractivity (Wildman–Crippen MR) is 145 cm³/mol. The molecule has 38 heavy (non-hydrogen) atoms. The number of aromatic nitrogens is 1. The summed E-state index contributed by atoms with van der Waals surface area (Å²) in [5.74, 6) is -1.24. The standard InChI is InChI=1S/C28H35N5O4S/c1-16(18-7-9-19(10-8-18)22-17(2)30-15-38-22)31-24(35)21-13-20(34)14-33(21)25(36)23(27(3,4)5)32-26(37)28(29-6)11-12-28/h7-10,15-16,20-21,23,34H,11-14H2,1-5H3,(H,31,35)(H,32,37)/t16-,20+,21?,23?/m0/s1. The van der Waals surface area contributed by atoms with Crippen LogP contribution in [0.25, 0.3) is 15.3 Å². The van der Waals surface area contributed by atoms with Crippen molar-refractivity contribution in [1.29, 1.82) is 0 Å². The zero-order valence-electron chi connectivity index (χ0n) is 22.4. The van der Waals surface area contributed by atoms with E-state index in [1.54, 1.807) is 11.3 Å². The smallest absolute Gasteiger partial charge is 0.309 e. The molecule has 1 aromatic carbocycles. The Morgan fingerprint density at radius 2 is 1.87 bits per heavy atom. The van der Waals surface area contributed by atoms with Crippen molar-refractivity contribution in [2.45, 2.75) is 83.6 Å². The van der Waals surface area contributed by atoms with Gasteiger partial charge in [-0.15, -0.1) is 11.3 Å². The van der Waals surface area contributed by atoms with Gasteiger partial charge in [0.2, 0.25) is 11.8 Å². The van der Waals surface area contributed by atoms with Gasteiger partial charge in [0.15, 0.2) is 0 Å². The Morgan fingerprint density at radius 1 is 1.21 bits per heavy atom. The summed E-state index contributed by atoms with van der Waals surface area (Å²) in [6, 6.07) is 5.80. The average Bonchev–Trinajstić information content (AvgIpc) is 3.40. The first-order valence-corrected chi connectivity index (χ1v) is 13.7. The van der Waals surface area contributed by atoms with Gasteiger partial charge in [-0.2, -0.15) is 0 Å². The molecule has 2 unspecified atom stereocenters. The second-order valence-corrected chi connectivity index (χ2v) is 12.3. The van der Waals surface area contributed by atoms with E-state index in [1.807, 2.05) is 64.4 Å². The molecule has 1 saturated heterocycles. The van der Waals surface area contributed by atoms with Crippen molar-refractivity contribution in [2.75, 3.05) is 6.54 Å². The molecule has 4 rings (SSSR count). The van der Waals surface area contributed by atoms with E-state index in [0.29, 0.717) is 12.8 Å². The van der Waals surface area contributed by atoms with Gasteiger partial charge in [0.05, 0.1) is 28.2 Å². The highest BCUT2D eigenvalue weighted by Crippen LogP contribution is 2.40. The Kier molecular flexibility index (Phi) is 7.64. The second kappa shape index (κ2) is 10.5. The van der Waals surface area contributed by atoms with Crippen molar-refractivity contribution < 1.29 is 19.5 Å². The predicted octanol–water partition coefficient (Wildman–Crippen LogP) is 3.24. The molecule has 2 aliphatic rings. The van der Waals surface area contributed by atoms with Crippen molar-refractivity contribution in [3.63, 3.8) is 0 Å². The minimum Gasteiger partial charge on any atom is -0.391 e. The van der Waals surface area contributed by atoms with E-state index >= 15 is 0 Å². The van der Waals surface area contributed by atoms with E-state index in [-0.39, 0.29) is 24.9 Å². The molecule has 0 spiro atoms. The number of nitrogens with zero attached hydrogens (tertiary/aromatic N) is 3. The summed E-state index contributed by atoms with van der Waals surface area (Å²) in [6.45, 7) is 16.7. The zero-order chi connectivity index (χ0) is 27.8. The highest BCUT2D eigenvalue weighted by Gasteiger charge is 2.59. The molecule has 2 fully saturated rings. The number of aliphatic hydroxyl groups is 1. The van der Waals surface area contributed by atoms with Crippen molar-refractivity contribution in [1.82, 2.24) is 20.5 Å². The van der Waals surface area contributed by atoms with Crippen LogP contribution < -0.4 is 10.6 Å². The van der Waals surface area contributed by atoms with Crippen molar-refractivity contribution in [2.24, 2.45) is 5.41 Å². The van der Waals surface area contributed by atoms with Gasteiger partial charge >= 0.3 is 11.4 Å². The highest BCUT2D eigenvalue weighted by molar-refractivity contribution is 7.13. The minimum absolute atomic E-state index is 0.00457. The lowest BCUT2D eigenvalue weighted by Crippen LogP contribution is -2.59. The van der Waals surface area contributed by atoms with E-state index < -0.39 is 41.0 Å². The maximum absolute atomic E-state index is 13.7. The third-order valence-electron chi connectivity index (χ3n) is 7.39. The molecule has 1 aromatic heterocycles. The fourth-order valence-corrected chi connectivity index (χ4v) is 5.60. The van der Waals surface area contributed by atoms with Crippen molar-refractivity contribution in [3.8, 4) is 10.4 Å². The van der Waals surface area contributed by atoms with E-state index in [2.05, 4.69) is 20.5 Å². The first-order valence-electron chi connectivity index (χ1n) is 12.9. The average molecular weight is 538 g/mol. The summed E-state index contributed by atoms with van der Waals surface area (Å²) < 4.78 is 0. The maximum Gasteiger partial charge on any atom is 0.309 e. The summed E-state index contributed by atoms with van der Waals surface area (Å²) in [5, 5.41) is 16.2. The number of aliphatic hydroxyl groups excluding tert-OH is 1. The zero-order valence-corrected chi connectivity index (χ0v) is 23.3. The number of carbonyl (C=O) groups is 3. The summed E-state index contributed by atoms with van der Waals surface area (Å²) >= 11 is 1.58. The lowest BCUT2D eigenvalue weighted by atomic mass is 9.85. The Hall–Kier alpha value is -3.29. The lowest BCUT2D eigenvalue weighted by Gasteiger charge is -2.35. The van der Waals surface area contributed by atoms with Gasteiger partial charge in [-0.3, -0.25) is 19.2 Å². The first kappa shape index (κ1) is 27.7. The molecule has 1 aliphatic heterocycles. The maximum atomic E-state index is 13.7. The van der Waals surface area contributed by atoms with Crippen molar-refractivity contribution in [3.05, 3.63) is 52.5 Å². The van der Waals surface area contributed by atoms with Crippen LogP contribution in [0.1, 0.15) is 64.3 Å². The fraction of sp³-hybridized carbons (Fsp3) is 0.536. The number of aryl methyl sites for hydroxylation is 1. The number of hydrogen-bond donors (Lipinski definition) is 3. The Bertz CT molecular complexity index is 1260. The Labute approximate surface area is 227 Å². The fourth-order valence-electron chi connectivity index (χ4n) is 4.79. The van der Waals surface area contributed by atoms with E-state index in [4.69, 9.17) is 6.57 Å². The van der Waals surface area contributed by atoms with Crippen LogP contribution in [0.3, 0.4) is 0 Å².